The molecule has 4 rings (SSSR count). The highest BCUT2D eigenvalue weighted by Crippen LogP contribution is 2.29. The number of carbonyl (C=O) groups excluding carboxylic acids is 1. The first-order valence-corrected chi connectivity index (χ1v) is 9.24. The van der Waals surface area contributed by atoms with Gasteiger partial charge in [0.2, 0.25) is 0 Å². The first-order valence-electron chi connectivity index (χ1n) is 9.24. The van der Waals surface area contributed by atoms with Crippen molar-refractivity contribution in [3.8, 4) is 5.69 Å². The van der Waals surface area contributed by atoms with Gasteiger partial charge in [0, 0.05) is 25.4 Å². The van der Waals surface area contributed by atoms with Crippen molar-refractivity contribution in [2.24, 2.45) is 7.05 Å². The normalized spacial score (nSPS) is 18.7. The monoisotopic (exact) mass is 395 g/mol. The molecule has 1 saturated heterocycles. The Morgan fingerprint density at radius 1 is 1.21 bits per heavy atom. The molecule has 1 aliphatic rings. The largest absolute Gasteiger partial charge is 0.478 e. The van der Waals surface area contributed by atoms with Gasteiger partial charge in [-0.05, 0) is 43.7 Å². The zero-order valence-corrected chi connectivity index (χ0v) is 16.1. The number of hydrogen-bond acceptors (Lipinski definition) is 5. The van der Waals surface area contributed by atoms with Gasteiger partial charge >= 0.3 is 5.97 Å². The molecule has 9 nitrogen and oxygen atoms in total. The maximum Gasteiger partial charge on any atom is 0.339 e. The van der Waals surface area contributed by atoms with E-state index in [1.54, 1.807) is 42.1 Å². The fraction of sp³-hybridized carbons (Fsp3) is 0.300. The van der Waals surface area contributed by atoms with Crippen molar-refractivity contribution in [2.75, 3.05) is 6.61 Å². The fourth-order valence-electron chi connectivity index (χ4n) is 3.58. The van der Waals surface area contributed by atoms with Gasteiger partial charge in [0.25, 0.3) is 5.91 Å². The van der Waals surface area contributed by atoms with E-state index < -0.39 is 5.97 Å². The molecule has 3 aromatic rings. The molecule has 0 saturated carbocycles. The van der Waals surface area contributed by atoms with E-state index in [2.05, 4.69) is 15.5 Å². The third-order valence-corrected chi connectivity index (χ3v) is 5.17. The topological polar surface area (TPSA) is 111 Å². The minimum Gasteiger partial charge on any atom is -0.478 e. The molecule has 1 amide bonds. The van der Waals surface area contributed by atoms with Crippen LogP contribution in [0.1, 0.15) is 44.6 Å². The van der Waals surface area contributed by atoms with E-state index in [0.717, 1.165) is 12.1 Å². The maximum absolute atomic E-state index is 12.7. The zero-order chi connectivity index (χ0) is 20.5. The molecular formula is C20H21N5O4. The molecule has 0 radical (unpaired) electrons. The van der Waals surface area contributed by atoms with Gasteiger partial charge in [0.1, 0.15) is 11.7 Å². The highest BCUT2D eigenvalue weighted by molar-refractivity contribution is 5.94. The molecule has 1 fully saturated rings. The maximum atomic E-state index is 12.7. The number of carbonyl (C=O) groups is 2. The summed E-state index contributed by atoms with van der Waals surface area (Å²) in [5, 5.41) is 20.5. The fourth-order valence-corrected chi connectivity index (χ4v) is 3.58. The van der Waals surface area contributed by atoms with Crippen molar-refractivity contribution >= 4 is 11.9 Å². The number of carboxylic acid groups (broad SMARTS) is 1. The van der Waals surface area contributed by atoms with E-state index in [0.29, 0.717) is 23.6 Å². The number of ether oxygens (including phenoxy) is 1. The lowest BCUT2D eigenvalue weighted by atomic mass is 10.1. The van der Waals surface area contributed by atoms with E-state index in [4.69, 9.17) is 9.84 Å². The Kier molecular flexibility index (Phi) is 4.89. The van der Waals surface area contributed by atoms with Crippen LogP contribution in [-0.4, -0.2) is 49.2 Å². The molecule has 0 aliphatic carbocycles. The lowest BCUT2D eigenvalue weighted by Gasteiger charge is -2.20. The Morgan fingerprint density at radius 3 is 2.59 bits per heavy atom. The second kappa shape index (κ2) is 7.51. The summed E-state index contributed by atoms with van der Waals surface area (Å²) in [6.07, 6.45) is 3.52. The first-order chi connectivity index (χ1) is 14.0. The number of nitrogens with one attached hydrogen (secondary N) is 1. The van der Waals surface area contributed by atoms with Crippen LogP contribution in [0.25, 0.3) is 5.69 Å². The summed E-state index contributed by atoms with van der Waals surface area (Å²) in [6, 6.07) is 8.63. The molecule has 2 aromatic heterocycles. The molecule has 0 bridgehead atoms. The predicted molar refractivity (Wildman–Crippen MR) is 103 cm³/mol. The molecule has 9 heteroatoms. The summed E-state index contributed by atoms with van der Waals surface area (Å²) in [7, 11) is 1.85. The minimum atomic E-state index is -1.02. The van der Waals surface area contributed by atoms with Crippen LogP contribution in [0.2, 0.25) is 0 Å². The third-order valence-electron chi connectivity index (χ3n) is 5.17. The summed E-state index contributed by atoms with van der Waals surface area (Å²) >= 11 is 0. The number of carboxylic acids is 1. The van der Waals surface area contributed by atoms with E-state index in [9.17, 15) is 9.59 Å². The van der Waals surface area contributed by atoms with Crippen molar-refractivity contribution in [1.29, 1.82) is 0 Å². The van der Waals surface area contributed by atoms with Crippen LogP contribution in [0, 0.1) is 6.92 Å². The lowest BCUT2D eigenvalue weighted by Crippen LogP contribution is -2.37. The van der Waals surface area contributed by atoms with Gasteiger partial charge < -0.3 is 15.2 Å². The van der Waals surface area contributed by atoms with E-state index in [1.165, 1.54) is 10.9 Å². The van der Waals surface area contributed by atoms with Gasteiger partial charge in [0.15, 0.2) is 0 Å². The van der Waals surface area contributed by atoms with Crippen LogP contribution in [-0.2, 0) is 11.8 Å². The van der Waals surface area contributed by atoms with Gasteiger partial charge in [-0.3, -0.25) is 9.48 Å². The number of aryl methyl sites for hydroxylation is 1. The summed E-state index contributed by atoms with van der Waals surface area (Å²) in [6.45, 7) is 2.26. The van der Waals surface area contributed by atoms with E-state index >= 15 is 0 Å². The van der Waals surface area contributed by atoms with Gasteiger partial charge in [-0.2, -0.15) is 10.2 Å². The third kappa shape index (κ3) is 3.52. The molecule has 0 unspecified atom stereocenters. The number of rotatable bonds is 5. The van der Waals surface area contributed by atoms with Gasteiger partial charge in [-0.1, -0.05) is 0 Å². The minimum absolute atomic E-state index is 0.135. The van der Waals surface area contributed by atoms with Crippen LogP contribution in [0.5, 0.6) is 0 Å². The number of hydrogen-bond donors (Lipinski definition) is 2. The second-order valence-corrected chi connectivity index (χ2v) is 6.95. The molecular weight excluding hydrogens is 374 g/mol. The SMILES string of the molecule is Cc1c(C(=O)O)cnn1-c1ccc(C(=O)N[C@H]2CCO[C@@H]2c2ccnn2C)cc1. The number of amides is 1. The van der Waals surface area contributed by atoms with Crippen molar-refractivity contribution in [3.05, 3.63) is 65.2 Å². The smallest absolute Gasteiger partial charge is 0.339 e. The average Bonchev–Trinajstić information content (AvgIpc) is 3.41. The van der Waals surface area contributed by atoms with Gasteiger partial charge in [0.05, 0.1) is 29.3 Å². The van der Waals surface area contributed by atoms with Crippen molar-refractivity contribution in [3.63, 3.8) is 0 Å². The molecule has 150 valence electrons. The molecule has 2 atom stereocenters. The van der Waals surface area contributed by atoms with Crippen molar-refractivity contribution in [1.82, 2.24) is 24.9 Å². The van der Waals surface area contributed by atoms with Crippen LogP contribution < -0.4 is 5.32 Å². The Morgan fingerprint density at radius 2 is 1.97 bits per heavy atom. The van der Waals surface area contributed by atoms with Crippen LogP contribution in [0.3, 0.4) is 0 Å². The van der Waals surface area contributed by atoms with Crippen LogP contribution >= 0.6 is 0 Å². The van der Waals surface area contributed by atoms with Gasteiger partial charge in [-0.15, -0.1) is 0 Å². The highest BCUT2D eigenvalue weighted by Gasteiger charge is 2.33. The molecule has 29 heavy (non-hydrogen) atoms. The number of nitrogens with zero attached hydrogens (tertiary/aromatic N) is 4. The van der Waals surface area contributed by atoms with E-state index in [-0.39, 0.29) is 23.6 Å². The van der Waals surface area contributed by atoms with E-state index in [1.807, 2.05) is 13.1 Å². The standard InChI is InChI=1S/C20H21N5O4/c1-12-15(20(27)28)11-22-25(12)14-5-3-13(4-6-14)19(26)23-16-8-10-29-18(16)17-7-9-21-24(17)2/h3-7,9,11,16,18H,8,10H2,1-2H3,(H,23,26)(H,27,28)/t16-,18-/m0/s1. The predicted octanol–water partition coefficient (Wildman–Crippen LogP) is 1.87. The highest BCUT2D eigenvalue weighted by atomic mass is 16.5. The Hall–Kier alpha value is -3.46. The Bertz CT molecular complexity index is 1050. The van der Waals surface area contributed by atoms with Crippen molar-refractivity contribution < 1.29 is 19.4 Å². The molecule has 2 N–H and O–H groups in total. The van der Waals surface area contributed by atoms with Crippen molar-refractivity contribution in [2.45, 2.75) is 25.5 Å². The number of aromatic carboxylic acids is 1. The Labute approximate surface area is 166 Å². The number of aromatic nitrogens is 4. The first kappa shape index (κ1) is 18.9. The summed E-state index contributed by atoms with van der Waals surface area (Å²) in [4.78, 5) is 23.9. The quantitative estimate of drug-likeness (QED) is 0.682. The molecule has 1 aliphatic heterocycles. The number of benzene rings is 1. The lowest BCUT2D eigenvalue weighted by molar-refractivity contribution is 0.0695. The van der Waals surface area contributed by atoms with Gasteiger partial charge in [-0.25, -0.2) is 9.48 Å². The summed E-state index contributed by atoms with van der Waals surface area (Å²) in [5.41, 5.74) is 2.79. The van der Waals surface area contributed by atoms with Crippen LogP contribution in [0.4, 0.5) is 0 Å². The van der Waals surface area contributed by atoms with Crippen LogP contribution in [0.15, 0.2) is 42.7 Å². The molecule has 0 spiro atoms. The zero-order valence-electron chi connectivity index (χ0n) is 16.1. The Balaban J connectivity index is 1.49. The molecule has 1 aromatic carbocycles. The second-order valence-electron chi connectivity index (χ2n) is 6.95. The summed E-state index contributed by atoms with van der Waals surface area (Å²) in [5.74, 6) is -1.21. The molecule has 3 heterocycles. The summed E-state index contributed by atoms with van der Waals surface area (Å²) < 4.78 is 9.09. The average molecular weight is 395 g/mol.